The van der Waals surface area contributed by atoms with Gasteiger partial charge in [-0.2, -0.15) is 0 Å². The minimum atomic E-state index is -0.495. The molecule has 0 atom stereocenters. The van der Waals surface area contributed by atoms with Crippen LogP contribution in [0.3, 0.4) is 0 Å². The van der Waals surface area contributed by atoms with Crippen LogP contribution in [0.1, 0.15) is 54.8 Å². The predicted molar refractivity (Wildman–Crippen MR) is 73.5 cm³/mol. The highest BCUT2D eigenvalue weighted by atomic mass is 16.4. The zero-order valence-electron chi connectivity index (χ0n) is 11.8. The maximum Gasteiger partial charge on any atom is 0.336 e. The van der Waals surface area contributed by atoms with E-state index in [-0.39, 0.29) is 12.2 Å². The molecule has 0 saturated heterocycles. The molecule has 0 spiro atoms. The predicted octanol–water partition coefficient (Wildman–Crippen LogP) is 1.82. The van der Waals surface area contributed by atoms with Gasteiger partial charge < -0.3 is 4.42 Å². The van der Waals surface area contributed by atoms with Crippen LogP contribution in [-0.4, -0.2) is 11.8 Å². The number of carbonyl (C=O) groups excluding carboxylic acids is 2. The number of amides is 2. The summed E-state index contributed by atoms with van der Waals surface area (Å²) in [4.78, 5) is 34.8. The molecule has 5 heteroatoms. The largest absolute Gasteiger partial charge is 0.426 e. The summed E-state index contributed by atoms with van der Waals surface area (Å²) in [6.45, 7) is 4.27. The Morgan fingerprint density at radius 1 is 1.25 bits per heavy atom. The molecule has 0 bridgehead atoms. The molecule has 2 rings (SSSR count). The Balaban J connectivity index is 2.31. The molecule has 1 aliphatic heterocycles. The molecule has 1 aromatic heterocycles. The van der Waals surface area contributed by atoms with Crippen molar-refractivity contribution in [2.45, 2.75) is 46.0 Å². The summed E-state index contributed by atoms with van der Waals surface area (Å²) in [6, 6.07) is 1.37. The average molecular weight is 277 g/mol. The third kappa shape index (κ3) is 2.98. The molecule has 2 amide bonds. The number of aryl methyl sites for hydroxylation is 1. The molecule has 108 valence electrons. The quantitative estimate of drug-likeness (QED) is 0.833. The second-order valence-corrected chi connectivity index (χ2v) is 5.16. The van der Waals surface area contributed by atoms with Gasteiger partial charge >= 0.3 is 5.63 Å². The standard InChI is InChI=1S/C15H19NO4/c1-3-9(4-2)5-6-10-7-13(18)20-11-8-12(17)16-15(19)14(10)11/h7,9H,3-6,8H2,1-2H3,(H,16,17,19). The molecule has 5 nitrogen and oxygen atoms in total. The lowest BCUT2D eigenvalue weighted by Crippen LogP contribution is -2.38. The molecular formula is C15H19NO4. The van der Waals surface area contributed by atoms with Crippen molar-refractivity contribution in [1.82, 2.24) is 5.32 Å². The molecule has 1 aliphatic rings. The number of carbonyl (C=O) groups is 2. The zero-order valence-corrected chi connectivity index (χ0v) is 11.8. The summed E-state index contributed by atoms with van der Waals surface area (Å²) < 4.78 is 5.00. The Morgan fingerprint density at radius 2 is 1.95 bits per heavy atom. The minimum absolute atomic E-state index is 0.0465. The highest BCUT2D eigenvalue weighted by molar-refractivity contribution is 6.09. The maximum atomic E-state index is 11.9. The SMILES string of the molecule is CCC(CC)CCc1cc(=O)oc2c1C(=O)NC(=O)C2. The summed E-state index contributed by atoms with van der Waals surface area (Å²) >= 11 is 0. The van der Waals surface area contributed by atoms with Gasteiger partial charge in [-0.15, -0.1) is 0 Å². The number of rotatable bonds is 5. The molecule has 0 aromatic carbocycles. The van der Waals surface area contributed by atoms with E-state index in [1.54, 1.807) is 0 Å². The normalized spacial score (nSPS) is 14.3. The van der Waals surface area contributed by atoms with Crippen LogP contribution in [0, 0.1) is 5.92 Å². The van der Waals surface area contributed by atoms with Crippen LogP contribution in [0.5, 0.6) is 0 Å². The molecule has 1 aromatic rings. The van der Waals surface area contributed by atoms with Gasteiger partial charge in [0, 0.05) is 6.07 Å². The molecule has 1 N–H and O–H groups in total. The van der Waals surface area contributed by atoms with Gasteiger partial charge in [0.05, 0.1) is 12.0 Å². The van der Waals surface area contributed by atoms with Gasteiger partial charge in [0.15, 0.2) is 0 Å². The van der Waals surface area contributed by atoms with Crippen LogP contribution in [0.4, 0.5) is 0 Å². The Morgan fingerprint density at radius 3 is 2.60 bits per heavy atom. The molecule has 0 fully saturated rings. The van der Waals surface area contributed by atoms with Crippen molar-refractivity contribution in [3.8, 4) is 0 Å². The molecule has 0 saturated carbocycles. The monoisotopic (exact) mass is 277 g/mol. The first kappa shape index (κ1) is 14.5. The number of nitrogens with one attached hydrogen (secondary N) is 1. The van der Waals surface area contributed by atoms with Gasteiger partial charge in [-0.25, -0.2) is 4.79 Å². The van der Waals surface area contributed by atoms with E-state index < -0.39 is 17.4 Å². The van der Waals surface area contributed by atoms with E-state index in [1.165, 1.54) is 6.07 Å². The van der Waals surface area contributed by atoms with Gasteiger partial charge in [0.25, 0.3) is 5.91 Å². The minimum Gasteiger partial charge on any atom is -0.426 e. The number of hydrogen-bond acceptors (Lipinski definition) is 4. The van der Waals surface area contributed by atoms with Crippen molar-refractivity contribution >= 4 is 11.8 Å². The van der Waals surface area contributed by atoms with Crippen LogP contribution >= 0.6 is 0 Å². The van der Waals surface area contributed by atoms with E-state index in [0.717, 1.165) is 19.3 Å². The van der Waals surface area contributed by atoms with Gasteiger partial charge in [-0.05, 0) is 24.3 Å². The van der Waals surface area contributed by atoms with E-state index in [4.69, 9.17) is 4.42 Å². The first-order valence-electron chi connectivity index (χ1n) is 7.05. The summed E-state index contributed by atoms with van der Waals surface area (Å²) in [7, 11) is 0. The van der Waals surface area contributed by atoms with Crippen molar-refractivity contribution < 1.29 is 14.0 Å². The smallest absolute Gasteiger partial charge is 0.336 e. The number of fused-ring (bicyclic) bond motifs is 1. The fourth-order valence-electron chi connectivity index (χ4n) is 2.63. The van der Waals surface area contributed by atoms with Crippen LogP contribution in [0.15, 0.2) is 15.3 Å². The average Bonchev–Trinajstić information content (AvgIpc) is 2.38. The second-order valence-electron chi connectivity index (χ2n) is 5.16. The lowest BCUT2D eigenvalue weighted by atomic mass is 9.92. The molecule has 2 heterocycles. The molecule has 0 aliphatic carbocycles. The van der Waals surface area contributed by atoms with Gasteiger partial charge in [0.1, 0.15) is 5.76 Å². The molecule has 0 unspecified atom stereocenters. The van der Waals surface area contributed by atoms with E-state index in [1.807, 2.05) is 0 Å². The number of imide groups is 1. The van der Waals surface area contributed by atoms with Crippen molar-refractivity contribution in [3.05, 3.63) is 33.4 Å². The fourth-order valence-corrected chi connectivity index (χ4v) is 2.63. The van der Waals surface area contributed by atoms with Crippen LogP contribution in [-0.2, 0) is 17.6 Å². The molecular weight excluding hydrogens is 258 g/mol. The van der Waals surface area contributed by atoms with E-state index in [2.05, 4.69) is 19.2 Å². The Bertz CT molecular complexity index is 584. The number of hydrogen-bond donors (Lipinski definition) is 1. The Hall–Kier alpha value is -1.91. The molecule has 20 heavy (non-hydrogen) atoms. The van der Waals surface area contributed by atoms with Crippen LogP contribution < -0.4 is 10.9 Å². The highest BCUT2D eigenvalue weighted by Crippen LogP contribution is 2.22. The highest BCUT2D eigenvalue weighted by Gasteiger charge is 2.28. The second kappa shape index (κ2) is 6.03. The topological polar surface area (TPSA) is 76.4 Å². The lowest BCUT2D eigenvalue weighted by Gasteiger charge is -2.18. The van der Waals surface area contributed by atoms with Crippen molar-refractivity contribution in [2.24, 2.45) is 5.92 Å². The fraction of sp³-hybridized carbons (Fsp3) is 0.533. The first-order valence-corrected chi connectivity index (χ1v) is 7.05. The summed E-state index contributed by atoms with van der Waals surface area (Å²) in [5.41, 5.74) is 0.564. The van der Waals surface area contributed by atoms with Gasteiger partial charge in [-0.1, -0.05) is 26.7 Å². The molecule has 0 radical (unpaired) electrons. The summed E-state index contributed by atoms with van der Waals surface area (Å²) in [5.74, 6) is -0.112. The van der Waals surface area contributed by atoms with Gasteiger partial charge in [0.2, 0.25) is 5.91 Å². The lowest BCUT2D eigenvalue weighted by molar-refractivity contribution is -0.120. The van der Waals surface area contributed by atoms with Crippen molar-refractivity contribution in [1.29, 1.82) is 0 Å². The summed E-state index contributed by atoms with van der Waals surface area (Å²) in [5, 5.41) is 2.27. The van der Waals surface area contributed by atoms with Crippen molar-refractivity contribution in [2.75, 3.05) is 0 Å². The third-order valence-corrected chi connectivity index (χ3v) is 3.89. The zero-order chi connectivity index (χ0) is 14.7. The first-order chi connectivity index (χ1) is 9.55. The van der Waals surface area contributed by atoms with E-state index >= 15 is 0 Å². The van der Waals surface area contributed by atoms with Crippen LogP contribution in [0.2, 0.25) is 0 Å². The van der Waals surface area contributed by atoms with Crippen LogP contribution in [0.25, 0.3) is 0 Å². The third-order valence-electron chi connectivity index (χ3n) is 3.89. The van der Waals surface area contributed by atoms with Crippen molar-refractivity contribution in [3.63, 3.8) is 0 Å². The summed E-state index contributed by atoms with van der Waals surface area (Å²) in [6.07, 6.45) is 3.68. The van der Waals surface area contributed by atoms with Gasteiger partial charge in [-0.3, -0.25) is 14.9 Å². The van der Waals surface area contributed by atoms with E-state index in [0.29, 0.717) is 23.5 Å². The Kier molecular flexibility index (Phi) is 4.37. The Labute approximate surface area is 117 Å². The maximum absolute atomic E-state index is 11.9. The van der Waals surface area contributed by atoms with E-state index in [9.17, 15) is 14.4 Å².